The molecule has 11 heteroatoms. The van der Waals surface area contributed by atoms with Crippen LogP contribution in [-0.2, 0) is 0 Å². The average Bonchev–Trinajstić information content (AvgIpc) is 3.27. The van der Waals surface area contributed by atoms with Crippen LogP contribution in [0.4, 0.5) is 17.2 Å². The molecule has 0 saturated heterocycles. The Labute approximate surface area is 147 Å². The number of hydrogen-bond donors (Lipinski definition) is 1. The Kier molecular flexibility index (Phi) is 3.51. The smallest absolute Gasteiger partial charge is 0.255 e. The van der Waals surface area contributed by atoms with Gasteiger partial charge < -0.3 is 0 Å². The van der Waals surface area contributed by atoms with Crippen LogP contribution in [0.3, 0.4) is 0 Å². The van der Waals surface area contributed by atoms with Crippen molar-refractivity contribution in [2.45, 2.75) is 20.8 Å². The van der Waals surface area contributed by atoms with Crippen LogP contribution in [0.15, 0.2) is 28.8 Å². The number of nitrogens with one attached hydrogen (secondary N) is 1. The van der Waals surface area contributed by atoms with E-state index in [0.29, 0.717) is 40.2 Å². The molecule has 0 aliphatic heterocycles. The highest BCUT2D eigenvalue weighted by Crippen LogP contribution is 2.35. The van der Waals surface area contributed by atoms with Gasteiger partial charge in [0.25, 0.3) is 5.69 Å². The second-order valence-corrected chi connectivity index (χ2v) is 5.54. The third kappa shape index (κ3) is 2.32. The first-order valence-corrected chi connectivity index (χ1v) is 7.65. The SMILES string of the molecule is [C-]#[N+]c1c(C)nn(-c2ccncn2)c1N=Nc1c(C)[nH]n2c(C)nnc12. The van der Waals surface area contributed by atoms with Crippen LogP contribution in [0.25, 0.3) is 16.3 Å². The number of H-pyrrole nitrogens is 1. The highest BCUT2D eigenvalue weighted by atomic mass is 15.4. The number of rotatable bonds is 3. The minimum absolute atomic E-state index is 0.297. The molecule has 0 saturated carbocycles. The molecular formula is C15H13N11. The first-order valence-electron chi connectivity index (χ1n) is 7.65. The van der Waals surface area contributed by atoms with Crippen molar-refractivity contribution < 1.29 is 0 Å². The van der Waals surface area contributed by atoms with Crippen molar-refractivity contribution in [3.05, 3.63) is 47.2 Å². The van der Waals surface area contributed by atoms with Crippen molar-refractivity contribution in [2.24, 2.45) is 10.2 Å². The summed E-state index contributed by atoms with van der Waals surface area (Å²) in [5, 5.41) is 24.2. The summed E-state index contributed by atoms with van der Waals surface area (Å²) in [6.45, 7) is 12.9. The van der Waals surface area contributed by atoms with Crippen molar-refractivity contribution >= 4 is 22.8 Å². The van der Waals surface area contributed by atoms with E-state index in [9.17, 15) is 0 Å². The standard InChI is InChI=1S/C15H13N11/c1-8-12(16-4)14(26(24-8)11-5-6-17-7-18-11)22-20-13-9(2)23-25-10(3)19-21-15(13)25/h5-7,23H,1-3H3. The van der Waals surface area contributed by atoms with E-state index in [1.165, 1.54) is 11.0 Å². The van der Waals surface area contributed by atoms with Gasteiger partial charge in [-0.1, -0.05) is 0 Å². The number of aromatic nitrogens is 8. The summed E-state index contributed by atoms with van der Waals surface area (Å²) in [6, 6.07) is 1.68. The largest absolute Gasteiger partial charge is 0.293 e. The lowest BCUT2D eigenvalue weighted by Crippen LogP contribution is -1.99. The van der Waals surface area contributed by atoms with Crippen LogP contribution in [0.1, 0.15) is 17.2 Å². The van der Waals surface area contributed by atoms with Crippen LogP contribution in [0.2, 0.25) is 0 Å². The van der Waals surface area contributed by atoms with Crippen molar-refractivity contribution in [3.8, 4) is 5.82 Å². The molecule has 0 radical (unpaired) electrons. The van der Waals surface area contributed by atoms with Crippen molar-refractivity contribution in [1.82, 2.24) is 39.6 Å². The van der Waals surface area contributed by atoms with Crippen LogP contribution in [0.5, 0.6) is 0 Å². The molecule has 128 valence electrons. The van der Waals surface area contributed by atoms with E-state index < -0.39 is 0 Å². The van der Waals surface area contributed by atoms with E-state index in [0.717, 1.165) is 5.69 Å². The number of fused-ring (bicyclic) bond motifs is 1. The molecular weight excluding hydrogens is 334 g/mol. The Morgan fingerprint density at radius 2 is 2.04 bits per heavy atom. The lowest BCUT2D eigenvalue weighted by molar-refractivity contribution is 0.820. The maximum absolute atomic E-state index is 7.44. The zero-order valence-electron chi connectivity index (χ0n) is 14.2. The molecule has 0 bridgehead atoms. The highest BCUT2D eigenvalue weighted by Gasteiger charge is 2.18. The van der Waals surface area contributed by atoms with Crippen molar-refractivity contribution in [2.75, 3.05) is 0 Å². The van der Waals surface area contributed by atoms with Gasteiger partial charge in [0, 0.05) is 12.3 Å². The summed E-state index contributed by atoms with van der Waals surface area (Å²) in [6.07, 6.45) is 3.00. The molecule has 1 N–H and O–H groups in total. The van der Waals surface area contributed by atoms with Gasteiger partial charge >= 0.3 is 0 Å². The average molecular weight is 347 g/mol. The lowest BCUT2D eigenvalue weighted by atomic mass is 10.4. The minimum Gasteiger partial charge on any atom is -0.293 e. The highest BCUT2D eigenvalue weighted by molar-refractivity contribution is 5.69. The van der Waals surface area contributed by atoms with E-state index in [1.807, 2.05) is 13.8 Å². The zero-order valence-corrected chi connectivity index (χ0v) is 14.2. The molecule has 0 amide bonds. The monoisotopic (exact) mass is 347 g/mol. The molecule has 0 aliphatic rings. The number of azo groups is 1. The Morgan fingerprint density at radius 3 is 2.77 bits per heavy atom. The Hall–Kier alpha value is -3.94. The minimum atomic E-state index is 0.297. The molecule has 4 aromatic heterocycles. The molecule has 4 aromatic rings. The first-order chi connectivity index (χ1) is 12.6. The van der Waals surface area contributed by atoms with E-state index in [1.54, 1.807) is 23.7 Å². The van der Waals surface area contributed by atoms with Gasteiger partial charge in [-0.25, -0.2) is 24.0 Å². The molecule has 0 aromatic carbocycles. The second kappa shape index (κ2) is 5.85. The molecule has 0 aliphatic carbocycles. The molecule has 4 rings (SSSR count). The van der Waals surface area contributed by atoms with Gasteiger partial charge in [0.2, 0.25) is 5.65 Å². The fourth-order valence-electron chi connectivity index (χ4n) is 2.55. The molecule has 0 atom stereocenters. The molecule has 0 fully saturated rings. The van der Waals surface area contributed by atoms with E-state index in [-0.39, 0.29) is 0 Å². The number of hydrogen-bond acceptors (Lipinski definition) is 7. The van der Waals surface area contributed by atoms with Gasteiger partial charge in [-0.05, 0) is 20.8 Å². The number of aryl methyl sites for hydroxylation is 3. The molecule has 26 heavy (non-hydrogen) atoms. The Balaban J connectivity index is 1.87. The number of nitrogens with zero attached hydrogens (tertiary/aromatic N) is 10. The predicted octanol–water partition coefficient (Wildman–Crippen LogP) is 2.92. The fourth-order valence-corrected chi connectivity index (χ4v) is 2.55. The zero-order chi connectivity index (χ0) is 18.3. The van der Waals surface area contributed by atoms with Crippen molar-refractivity contribution in [3.63, 3.8) is 0 Å². The predicted molar refractivity (Wildman–Crippen MR) is 91.1 cm³/mol. The summed E-state index contributed by atoms with van der Waals surface area (Å²) in [4.78, 5) is 11.6. The molecule has 0 spiro atoms. The maximum Gasteiger partial charge on any atom is 0.255 e. The van der Waals surface area contributed by atoms with E-state index >= 15 is 0 Å². The first kappa shape index (κ1) is 15.6. The summed E-state index contributed by atoms with van der Waals surface area (Å²) in [7, 11) is 0. The van der Waals surface area contributed by atoms with Crippen LogP contribution < -0.4 is 0 Å². The van der Waals surface area contributed by atoms with Gasteiger partial charge in [-0.2, -0.15) is 5.10 Å². The van der Waals surface area contributed by atoms with Gasteiger partial charge in [0.05, 0.1) is 18.0 Å². The Bertz CT molecular complexity index is 1170. The lowest BCUT2D eigenvalue weighted by Gasteiger charge is -2.01. The van der Waals surface area contributed by atoms with E-state index in [2.05, 4.69) is 45.4 Å². The maximum atomic E-state index is 7.44. The van der Waals surface area contributed by atoms with E-state index in [4.69, 9.17) is 6.57 Å². The summed E-state index contributed by atoms with van der Waals surface area (Å²) < 4.78 is 3.20. The fraction of sp³-hybridized carbons (Fsp3) is 0.200. The molecule has 0 unspecified atom stereocenters. The quantitative estimate of drug-likeness (QED) is 0.451. The Morgan fingerprint density at radius 1 is 1.19 bits per heavy atom. The topological polar surface area (TPSA) is 119 Å². The second-order valence-electron chi connectivity index (χ2n) is 5.54. The van der Waals surface area contributed by atoms with Crippen LogP contribution >= 0.6 is 0 Å². The molecule has 11 nitrogen and oxygen atoms in total. The van der Waals surface area contributed by atoms with Gasteiger partial charge in [-0.15, -0.1) is 20.4 Å². The van der Waals surface area contributed by atoms with Crippen LogP contribution in [0, 0.1) is 27.3 Å². The van der Waals surface area contributed by atoms with Gasteiger partial charge in [0.1, 0.15) is 12.2 Å². The normalized spacial score (nSPS) is 11.5. The molecule has 4 heterocycles. The van der Waals surface area contributed by atoms with Gasteiger partial charge in [-0.3, -0.25) is 5.10 Å². The van der Waals surface area contributed by atoms with Gasteiger partial charge in [0.15, 0.2) is 17.3 Å². The summed E-state index contributed by atoms with van der Waals surface area (Å²) in [5.74, 6) is 1.51. The third-order valence-corrected chi connectivity index (χ3v) is 3.82. The van der Waals surface area contributed by atoms with Crippen LogP contribution in [-0.4, -0.2) is 39.6 Å². The number of aromatic amines is 1. The third-order valence-electron chi connectivity index (χ3n) is 3.82. The summed E-state index contributed by atoms with van der Waals surface area (Å²) >= 11 is 0. The summed E-state index contributed by atoms with van der Waals surface area (Å²) in [5.41, 5.74) is 2.76. The van der Waals surface area contributed by atoms with Crippen molar-refractivity contribution in [1.29, 1.82) is 0 Å².